The van der Waals surface area contributed by atoms with Crippen molar-refractivity contribution in [3.8, 4) is 0 Å². The number of amides is 3. The molecule has 114 valence electrons. The molecule has 0 saturated carbocycles. The standard InChI is InChI=1S/C11H19N3O5S/c1-2-19-7-8-20(17,18)14-5-3-11(4-6-14)9(15)12-10(16)13-11/h2-8H2,1H3,(H2,12,13,15,16). The maximum Gasteiger partial charge on any atom is 0.322 e. The highest BCUT2D eigenvalue weighted by Crippen LogP contribution is 2.26. The molecule has 2 aliphatic rings. The molecule has 0 aliphatic carbocycles. The van der Waals surface area contributed by atoms with E-state index in [9.17, 15) is 18.0 Å². The highest BCUT2D eigenvalue weighted by atomic mass is 32.2. The molecule has 0 unspecified atom stereocenters. The smallest absolute Gasteiger partial charge is 0.322 e. The minimum atomic E-state index is -3.37. The number of carbonyl (C=O) groups excluding carboxylic acids is 2. The molecule has 20 heavy (non-hydrogen) atoms. The molecule has 2 aliphatic heterocycles. The number of rotatable bonds is 5. The summed E-state index contributed by atoms with van der Waals surface area (Å²) in [7, 11) is -3.37. The van der Waals surface area contributed by atoms with Crippen LogP contribution in [-0.4, -0.2) is 62.3 Å². The van der Waals surface area contributed by atoms with Crippen LogP contribution in [-0.2, 0) is 19.6 Å². The zero-order valence-electron chi connectivity index (χ0n) is 11.3. The van der Waals surface area contributed by atoms with Crippen molar-refractivity contribution in [2.45, 2.75) is 25.3 Å². The van der Waals surface area contributed by atoms with E-state index in [-0.39, 0.29) is 31.4 Å². The Morgan fingerprint density at radius 1 is 1.30 bits per heavy atom. The molecule has 9 heteroatoms. The second kappa shape index (κ2) is 5.66. The van der Waals surface area contributed by atoms with Crippen molar-refractivity contribution in [3.05, 3.63) is 0 Å². The summed E-state index contributed by atoms with van der Waals surface area (Å²) in [5.41, 5.74) is -0.941. The Morgan fingerprint density at radius 2 is 1.95 bits per heavy atom. The van der Waals surface area contributed by atoms with Crippen LogP contribution in [0.4, 0.5) is 4.79 Å². The molecule has 2 heterocycles. The van der Waals surface area contributed by atoms with Gasteiger partial charge in [0.25, 0.3) is 5.91 Å². The topological polar surface area (TPSA) is 105 Å². The van der Waals surface area contributed by atoms with Gasteiger partial charge in [0.2, 0.25) is 10.0 Å². The van der Waals surface area contributed by atoms with Gasteiger partial charge in [0, 0.05) is 19.7 Å². The van der Waals surface area contributed by atoms with E-state index in [0.29, 0.717) is 19.4 Å². The van der Waals surface area contributed by atoms with Gasteiger partial charge >= 0.3 is 6.03 Å². The predicted octanol–water partition coefficient (Wildman–Crippen LogP) is -0.973. The number of hydrogen-bond donors (Lipinski definition) is 2. The third kappa shape index (κ3) is 2.94. The molecule has 0 aromatic heterocycles. The second-order valence-corrected chi connectivity index (χ2v) is 6.99. The van der Waals surface area contributed by atoms with E-state index < -0.39 is 21.6 Å². The van der Waals surface area contributed by atoms with Gasteiger partial charge in [-0.25, -0.2) is 17.5 Å². The van der Waals surface area contributed by atoms with Crippen molar-refractivity contribution >= 4 is 22.0 Å². The second-order valence-electron chi connectivity index (χ2n) is 4.90. The summed E-state index contributed by atoms with van der Waals surface area (Å²) in [4.78, 5) is 22.9. The first-order chi connectivity index (χ1) is 9.39. The van der Waals surface area contributed by atoms with E-state index >= 15 is 0 Å². The van der Waals surface area contributed by atoms with Gasteiger partial charge < -0.3 is 10.1 Å². The van der Waals surface area contributed by atoms with E-state index in [0.717, 1.165) is 0 Å². The van der Waals surface area contributed by atoms with Crippen molar-refractivity contribution in [3.63, 3.8) is 0 Å². The van der Waals surface area contributed by atoms with Crippen LogP contribution in [0.1, 0.15) is 19.8 Å². The summed E-state index contributed by atoms with van der Waals surface area (Å²) in [6.45, 7) is 2.89. The molecule has 2 fully saturated rings. The van der Waals surface area contributed by atoms with Crippen LogP contribution in [0, 0.1) is 0 Å². The van der Waals surface area contributed by atoms with Crippen LogP contribution < -0.4 is 10.6 Å². The third-order valence-electron chi connectivity index (χ3n) is 3.67. The quantitative estimate of drug-likeness (QED) is 0.502. The molecule has 2 saturated heterocycles. The van der Waals surface area contributed by atoms with Gasteiger partial charge in [0.05, 0.1) is 12.4 Å². The van der Waals surface area contributed by atoms with Gasteiger partial charge in [0.1, 0.15) is 5.54 Å². The number of piperidine rings is 1. The highest BCUT2D eigenvalue weighted by Gasteiger charge is 2.49. The normalized spacial score (nSPS) is 22.9. The van der Waals surface area contributed by atoms with Crippen LogP contribution in [0.2, 0.25) is 0 Å². The zero-order valence-corrected chi connectivity index (χ0v) is 12.2. The van der Waals surface area contributed by atoms with Crippen LogP contribution in [0.3, 0.4) is 0 Å². The lowest BCUT2D eigenvalue weighted by atomic mass is 9.89. The average Bonchev–Trinajstić information content (AvgIpc) is 2.65. The van der Waals surface area contributed by atoms with E-state index in [1.807, 2.05) is 0 Å². The largest absolute Gasteiger partial charge is 0.381 e. The van der Waals surface area contributed by atoms with E-state index in [4.69, 9.17) is 4.74 Å². The molecular formula is C11H19N3O5S. The van der Waals surface area contributed by atoms with Crippen LogP contribution in [0.5, 0.6) is 0 Å². The van der Waals surface area contributed by atoms with Crippen LogP contribution in [0.15, 0.2) is 0 Å². The number of imide groups is 1. The lowest BCUT2D eigenvalue weighted by molar-refractivity contribution is -0.125. The summed E-state index contributed by atoms with van der Waals surface area (Å²) in [5.74, 6) is -0.430. The van der Waals surface area contributed by atoms with Gasteiger partial charge in [-0.3, -0.25) is 10.1 Å². The maximum atomic E-state index is 12.1. The van der Waals surface area contributed by atoms with Gasteiger partial charge in [-0.1, -0.05) is 0 Å². The Bertz CT molecular complexity index is 496. The molecule has 1 spiro atoms. The molecule has 0 aromatic rings. The average molecular weight is 305 g/mol. The lowest BCUT2D eigenvalue weighted by Gasteiger charge is -2.36. The summed E-state index contributed by atoms with van der Waals surface area (Å²) < 4.78 is 30.5. The number of sulfonamides is 1. The SMILES string of the molecule is CCOCCS(=O)(=O)N1CCC2(CC1)NC(=O)NC2=O. The van der Waals surface area contributed by atoms with Gasteiger partial charge in [-0.05, 0) is 19.8 Å². The Kier molecular flexibility index (Phi) is 4.31. The molecular weight excluding hydrogens is 286 g/mol. The zero-order chi connectivity index (χ0) is 14.8. The Labute approximate surface area is 117 Å². The van der Waals surface area contributed by atoms with Crippen molar-refractivity contribution < 1.29 is 22.7 Å². The molecule has 0 radical (unpaired) electrons. The van der Waals surface area contributed by atoms with Gasteiger partial charge in [0.15, 0.2) is 0 Å². The molecule has 3 amide bonds. The summed E-state index contributed by atoms with van der Waals surface area (Å²) in [6, 6.07) is -0.511. The number of hydrogen-bond acceptors (Lipinski definition) is 5. The van der Waals surface area contributed by atoms with Crippen molar-refractivity contribution in [2.24, 2.45) is 0 Å². The minimum absolute atomic E-state index is 0.0631. The number of ether oxygens (including phenoxy) is 1. The van der Waals surface area contributed by atoms with Gasteiger partial charge in [-0.2, -0.15) is 0 Å². The van der Waals surface area contributed by atoms with Crippen molar-refractivity contribution in [2.75, 3.05) is 32.1 Å². The number of nitrogens with one attached hydrogen (secondary N) is 2. The number of carbonyl (C=O) groups is 2. The first-order valence-electron chi connectivity index (χ1n) is 6.59. The van der Waals surface area contributed by atoms with Crippen LogP contribution in [0.25, 0.3) is 0 Å². The van der Waals surface area contributed by atoms with Crippen molar-refractivity contribution in [1.29, 1.82) is 0 Å². The summed E-state index contributed by atoms with van der Waals surface area (Å²) in [5, 5.41) is 4.79. The molecule has 8 nitrogen and oxygen atoms in total. The third-order valence-corrected chi connectivity index (χ3v) is 5.51. The number of nitrogens with zero attached hydrogens (tertiary/aromatic N) is 1. The summed E-state index contributed by atoms with van der Waals surface area (Å²) in [6.07, 6.45) is 0.580. The van der Waals surface area contributed by atoms with E-state index in [1.54, 1.807) is 6.92 Å². The Morgan fingerprint density at radius 3 is 2.45 bits per heavy atom. The maximum absolute atomic E-state index is 12.1. The first kappa shape index (κ1) is 15.2. The van der Waals surface area contributed by atoms with Crippen LogP contribution >= 0.6 is 0 Å². The Balaban J connectivity index is 1.94. The number of urea groups is 1. The fourth-order valence-corrected chi connectivity index (χ4v) is 3.79. The molecule has 0 aromatic carbocycles. The molecule has 0 bridgehead atoms. The van der Waals surface area contributed by atoms with E-state index in [2.05, 4.69) is 10.6 Å². The lowest BCUT2D eigenvalue weighted by Crippen LogP contribution is -2.56. The fraction of sp³-hybridized carbons (Fsp3) is 0.818. The first-order valence-corrected chi connectivity index (χ1v) is 8.20. The fourth-order valence-electron chi connectivity index (χ4n) is 2.46. The molecule has 0 atom stereocenters. The molecule has 2 N–H and O–H groups in total. The van der Waals surface area contributed by atoms with Gasteiger partial charge in [-0.15, -0.1) is 0 Å². The van der Waals surface area contributed by atoms with Crippen molar-refractivity contribution in [1.82, 2.24) is 14.9 Å². The highest BCUT2D eigenvalue weighted by molar-refractivity contribution is 7.89. The predicted molar refractivity (Wildman–Crippen MR) is 70.5 cm³/mol. The summed E-state index contributed by atoms with van der Waals surface area (Å²) >= 11 is 0. The minimum Gasteiger partial charge on any atom is -0.381 e. The Hall–Kier alpha value is -1.19. The van der Waals surface area contributed by atoms with E-state index in [1.165, 1.54) is 4.31 Å². The molecule has 2 rings (SSSR count). The monoisotopic (exact) mass is 305 g/mol.